The molecule has 0 spiro atoms. The Morgan fingerprint density at radius 3 is 2.24 bits per heavy atom. The smallest absolute Gasteiger partial charge is 0.0295 e. The summed E-state index contributed by atoms with van der Waals surface area (Å²) in [6.45, 7) is 17.1. The van der Waals surface area contributed by atoms with E-state index >= 15 is 0 Å². The lowest BCUT2D eigenvalue weighted by atomic mass is 9.66. The fourth-order valence-electron chi connectivity index (χ4n) is 3.91. The maximum atomic E-state index is 2.53. The van der Waals surface area contributed by atoms with Gasteiger partial charge in [-0.2, -0.15) is 0 Å². The minimum atomic E-state index is 0.534. The summed E-state index contributed by atoms with van der Waals surface area (Å²) >= 11 is 0. The van der Waals surface area contributed by atoms with E-state index < -0.39 is 0 Å². The highest BCUT2D eigenvalue weighted by molar-refractivity contribution is 4.95. The third-order valence-corrected chi connectivity index (χ3v) is 5.92. The van der Waals surface area contributed by atoms with Crippen LogP contribution in [0.1, 0.15) is 80.6 Å². The molecule has 1 aliphatic rings. The maximum Gasteiger partial charge on any atom is -0.0295 e. The molecular formula is C17H34. The second kappa shape index (κ2) is 5.33. The standard InChI is InChI=1S/C17H34/c1-8-13(3)15-11-10-14(17(15,6)7)12-16(4,5)9-2/h13-15H,8-12H2,1-7H3. The summed E-state index contributed by atoms with van der Waals surface area (Å²) in [4.78, 5) is 0. The van der Waals surface area contributed by atoms with Gasteiger partial charge in [0.25, 0.3) is 0 Å². The molecule has 1 fully saturated rings. The number of hydrogen-bond acceptors (Lipinski definition) is 0. The molecule has 0 aliphatic heterocycles. The molecule has 0 bridgehead atoms. The molecule has 0 radical (unpaired) electrons. The van der Waals surface area contributed by atoms with Gasteiger partial charge in [-0.05, 0) is 47.8 Å². The van der Waals surface area contributed by atoms with E-state index in [4.69, 9.17) is 0 Å². The van der Waals surface area contributed by atoms with Gasteiger partial charge in [0.2, 0.25) is 0 Å². The zero-order valence-corrected chi connectivity index (χ0v) is 13.3. The SMILES string of the molecule is CCC(C)C1CCC(CC(C)(C)CC)C1(C)C. The molecule has 17 heavy (non-hydrogen) atoms. The predicted octanol–water partition coefficient (Wildman–Crippen LogP) is 5.91. The van der Waals surface area contributed by atoms with Gasteiger partial charge in [0.05, 0.1) is 0 Å². The summed E-state index contributed by atoms with van der Waals surface area (Å²) in [7, 11) is 0. The highest BCUT2D eigenvalue weighted by Gasteiger charge is 2.45. The zero-order valence-electron chi connectivity index (χ0n) is 13.3. The molecule has 3 atom stereocenters. The van der Waals surface area contributed by atoms with Crippen LogP contribution in [0.3, 0.4) is 0 Å². The molecule has 0 saturated heterocycles. The predicted molar refractivity (Wildman–Crippen MR) is 78.1 cm³/mol. The van der Waals surface area contributed by atoms with Crippen molar-refractivity contribution in [2.24, 2.45) is 28.6 Å². The summed E-state index contributed by atoms with van der Waals surface area (Å²) in [6, 6.07) is 0. The van der Waals surface area contributed by atoms with Gasteiger partial charge in [-0.3, -0.25) is 0 Å². The lowest BCUT2D eigenvalue weighted by Crippen LogP contribution is -2.31. The molecule has 102 valence electrons. The third kappa shape index (κ3) is 3.26. The Balaban J connectivity index is 2.72. The van der Waals surface area contributed by atoms with E-state index in [1.54, 1.807) is 0 Å². The van der Waals surface area contributed by atoms with Crippen molar-refractivity contribution in [1.82, 2.24) is 0 Å². The van der Waals surface area contributed by atoms with Crippen LogP contribution in [0.5, 0.6) is 0 Å². The summed E-state index contributed by atoms with van der Waals surface area (Å²) in [5.41, 5.74) is 1.09. The van der Waals surface area contributed by atoms with Gasteiger partial charge >= 0.3 is 0 Å². The van der Waals surface area contributed by atoms with Crippen molar-refractivity contribution < 1.29 is 0 Å². The van der Waals surface area contributed by atoms with E-state index in [0.29, 0.717) is 10.8 Å². The first-order chi connectivity index (χ1) is 7.74. The Bertz CT molecular complexity index is 236. The van der Waals surface area contributed by atoms with Crippen LogP contribution in [0.4, 0.5) is 0 Å². The van der Waals surface area contributed by atoms with Crippen molar-refractivity contribution in [3.63, 3.8) is 0 Å². The zero-order chi connectivity index (χ0) is 13.3. The normalized spacial score (nSPS) is 30.5. The monoisotopic (exact) mass is 238 g/mol. The van der Waals surface area contributed by atoms with Crippen LogP contribution in [0, 0.1) is 28.6 Å². The molecule has 0 heterocycles. The minimum absolute atomic E-state index is 0.534. The van der Waals surface area contributed by atoms with Crippen LogP contribution in [0.25, 0.3) is 0 Å². The molecule has 1 aliphatic carbocycles. The molecular weight excluding hydrogens is 204 g/mol. The van der Waals surface area contributed by atoms with Crippen LogP contribution < -0.4 is 0 Å². The van der Waals surface area contributed by atoms with Gasteiger partial charge in [-0.1, -0.05) is 61.3 Å². The van der Waals surface area contributed by atoms with Crippen LogP contribution in [0.15, 0.2) is 0 Å². The first kappa shape index (κ1) is 15.1. The van der Waals surface area contributed by atoms with Crippen molar-refractivity contribution in [2.75, 3.05) is 0 Å². The van der Waals surface area contributed by atoms with Crippen LogP contribution in [-0.2, 0) is 0 Å². The molecule has 1 rings (SSSR count). The Labute approximate surface area is 110 Å². The molecule has 0 aromatic carbocycles. The van der Waals surface area contributed by atoms with Crippen molar-refractivity contribution in [3.8, 4) is 0 Å². The van der Waals surface area contributed by atoms with Crippen LogP contribution >= 0.6 is 0 Å². The number of rotatable bonds is 5. The maximum absolute atomic E-state index is 2.53. The molecule has 0 aromatic heterocycles. The van der Waals surface area contributed by atoms with Gasteiger partial charge in [0.15, 0.2) is 0 Å². The second-order valence-electron chi connectivity index (χ2n) is 7.81. The van der Waals surface area contributed by atoms with Gasteiger partial charge in [-0.15, -0.1) is 0 Å². The van der Waals surface area contributed by atoms with Crippen molar-refractivity contribution >= 4 is 0 Å². The van der Waals surface area contributed by atoms with Gasteiger partial charge in [-0.25, -0.2) is 0 Å². The Kier molecular flexibility index (Phi) is 4.72. The quantitative estimate of drug-likeness (QED) is 0.558. The molecule has 0 aromatic rings. The molecule has 1 saturated carbocycles. The Hall–Kier alpha value is 0. The van der Waals surface area contributed by atoms with E-state index in [0.717, 1.165) is 17.8 Å². The molecule has 0 amide bonds. The largest absolute Gasteiger partial charge is 0.0651 e. The summed E-state index contributed by atoms with van der Waals surface area (Å²) in [6.07, 6.45) is 7.01. The molecule has 3 unspecified atom stereocenters. The number of hydrogen-bond donors (Lipinski definition) is 0. The molecule has 0 heteroatoms. The first-order valence-corrected chi connectivity index (χ1v) is 7.74. The minimum Gasteiger partial charge on any atom is -0.0651 e. The van der Waals surface area contributed by atoms with Crippen LogP contribution in [0.2, 0.25) is 0 Å². The van der Waals surface area contributed by atoms with Crippen molar-refractivity contribution in [3.05, 3.63) is 0 Å². The lowest BCUT2D eigenvalue weighted by molar-refractivity contribution is 0.100. The van der Waals surface area contributed by atoms with E-state index in [-0.39, 0.29) is 0 Å². The van der Waals surface area contributed by atoms with Crippen LogP contribution in [-0.4, -0.2) is 0 Å². The first-order valence-electron chi connectivity index (χ1n) is 7.74. The fourth-order valence-corrected chi connectivity index (χ4v) is 3.91. The Morgan fingerprint density at radius 2 is 1.76 bits per heavy atom. The van der Waals surface area contributed by atoms with Gasteiger partial charge in [0, 0.05) is 0 Å². The average molecular weight is 238 g/mol. The highest BCUT2D eigenvalue weighted by Crippen LogP contribution is 2.54. The fraction of sp³-hybridized carbons (Fsp3) is 1.00. The topological polar surface area (TPSA) is 0 Å². The molecule has 0 nitrogen and oxygen atoms in total. The van der Waals surface area contributed by atoms with E-state index in [9.17, 15) is 0 Å². The van der Waals surface area contributed by atoms with Crippen molar-refractivity contribution in [1.29, 1.82) is 0 Å². The average Bonchev–Trinajstić information content (AvgIpc) is 2.53. The van der Waals surface area contributed by atoms with Gasteiger partial charge in [0.1, 0.15) is 0 Å². The lowest BCUT2D eigenvalue weighted by Gasteiger charge is -2.39. The second-order valence-corrected chi connectivity index (χ2v) is 7.81. The van der Waals surface area contributed by atoms with Gasteiger partial charge < -0.3 is 0 Å². The van der Waals surface area contributed by atoms with Crippen molar-refractivity contribution in [2.45, 2.75) is 80.6 Å². The van der Waals surface area contributed by atoms with E-state index in [1.807, 2.05) is 0 Å². The third-order valence-electron chi connectivity index (χ3n) is 5.92. The van der Waals surface area contributed by atoms with E-state index in [2.05, 4.69) is 48.5 Å². The summed E-state index contributed by atoms with van der Waals surface area (Å²) < 4.78 is 0. The summed E-state index contributed by atoms with van der Waals surface area (Å²) in [5, 5.41) is 0. The highest BCUT2D eigenvalue weighted by atomic mass is 14.5. The Morgan fingerprint density at radius 1 is 1.18 bits per heavy atom. The molecule has 0 N–H and O–H groups in total. The summed E-state index contributed by atoms with van der Waals surface area (Å²) in [5.74, 6) is 2.79. The van der Waals surface area contributed by atoms with E-state index in [1.165, 1.54) is 32.1 Å².